The van der Waals surface area contributed by atoms with E-state index in [1.165, 1.54) is 4.31 Å². The maximum atomic E-state index is 12.3. The van der Waals surface area contributed by atoms with Crippen molar-refractivity contribution in [2.24, 2.45) is 11.1 Å². The zero-order chi connectivity index (χ0) is 14.1. The number of nitrogens with zero attached hydrogens (tertiary/aromatic N) is 1. The summed E-state index contributed by atoms with van der Waals surface area (Å²) in [5.74, 6) is 0. The van der Waals surface area contributed by atoms with E-state index in [4.69, 9.17) is 17.3 Å². The number of thiophene rings is 1. The molecule has 0 atom stereocenters. The van der Waals surface area contributed by atoms with Crippen molar-refractivity contribution in [3.63, 3.8) is 0 Å². The van der Waals surface area contributed by atoms with Gasteiger partial charge in [0.25, 0.3) is 10.0 Å². The third-order valence-electron chi connectivity index (χ3n) is 2.70. The summed E-state index contributed by atoms with van der Waals surface area (Å²) in [6.45, 7) is 6.47. The number of aryl methyl sites for hydroxylation is 1. The van der Waals surface area contributed by atoms with Gasteiger partial charge in [0.15, 0.2) is 0 Å². The lowest BCUT2D eigenvalue weighted by Gasteiger charge is -2.28. The summed E-state index contributed by atoms with van der Waals surface area (Å²) >= 11 is 7.00. The number of hydrogen-bond donors (Lipinski definition) is 1. The lowest BCUT2D eigenvalue weighted by atomic mass is 9.94. The number of nitrogens with two attached hydrogens (primary N) is 1. The van der Waals surface area contributed by atoms with Crippen molar-refractivity contribution in [2.75, 3.05) is 20.1 Å². The highest BCUT2D eigenvalue weighted by atomic mass is 35.5. The molecule has 0 bridgehead atoms. The molecule has 0 aliphatic rings. The Balaban J connectivity index is 3.00. The fraction of sp³-hybridized carbons (Fsp3) is 0.636. The van der Waals surface area contributed by atoms with Crippen molar-refractivity contribution in [2.45, 2.75) is 25.0 Å². The molecule has 1 rings (SSSR count). The summed E-state index contributed by atoms with van der Waals surface area (Å²) < 4.78 is 26.8. The van der Waals surface area contributed by atoms with Crippen LogP contribution in [0.2, 0.25) is 4.34 Å². The molecule has 0 aliphatic carbocycles. The molecule has 0 amide bonds. The first-order valence-electron chi connectivity index (χ1n) is 5.52. The van der Waals surface area contributed by atoms with Crippen LogP contribution in [0.25, 0.3) is 0 Å². The van der Waals surface area contributed by atoms with Gasteiger partial charge in [-0.3, -0.25) is 0 Å². The van der Waals surface area contributed by atoms with Crippen LogP contribution in [0.1, 0.15) is 19.4 Å². The highest BCUT2D eigenvalue weighted by Gasteiger charge is 2.28. The van der Waals surface area contributed by atoms with E-state index < -0.39 is 10.0 Å². The molecule has 0 saturated carbocycles. The van der Waals surface area contributed by atoms with Crippen LogP contribution in [0.3, 0.4) is 0 Å². The number of hydrogen-bond acceptors (Lipinski definition) is 4. The molecule has 18 heavy (non-hydrogen) atoms. The molecule has 0 spiro atoms. The Kier molecular flexibility index (Phi) is 4.83. The fourth-order valence-corrected chi connectivity index (χ4v) is 4.74. The van der Waals surface area contributed by atoms with E-state index in [1.54, 1.807) is 20.0 Å². The smallest absolute Gasteiger partial charge is 0.252 e. The van der Waals surface area contributed by atoms with Crippen molar-refractivity contribution in [1.29, 1.82) is 0 Å². The van der Waals surface area contributed by atoms with E-state index in [2.05, 4.69) is 0 Å². The summed E-state index contributed by atoms with van der Waals surface area (Å²) in [5.41, 5.74) is 6.16. The Labute approximate surface area is 118 Å². The molecule has 2 N–H and O–H groups in total. The zero-order valence-corrected chi connectivity index (χ0v) is 13.4. The normalized spacial score (nSPS) is 13.3. The van der Waals surface area contributed by atoms with Gasteiger partial charge in [0.2, 0.25) is 0 Å². The minimum Gasteiger partial charge on any atom is -0.330 e. The Morgan fingerprint density at radius 3 is 2.44 bits per heavy atom. The van der Waals surface area contributed by atoms with Crippen LogP contribution in [0, 0.1) is 12.3 Å². The summed E-state index contributed by atoms with van der Waals surface area (Å²) in [6.07, 6.45) is 0. The highest BCUT2D eigenvalue weighted by Crippen LogP contribution is 2.32. The van der Waals surface area contributed by atoms with E-state index in [0.717, 1.165) is 16.9 Å². The van der Waals surface area contributed by atoms with E-state index >= 15 is 0 Å². The largest absolute Gasteiger partial charge is 0.330 e. The molecule has 1 aromatic rings. The Morgan fingerprint density at radius 1 is 1.50 bits per heavy atom. The van der Waals surface area contributed by atoms with E-state index in [0.29, 0.717) is 17.4 Å². The topological polar surface area (TPSA) is 63.4 Å². The van der Waals surface area contributed by atoms with Gasteiger partial charge in [-0.25, -0.2) is 8.42 Å². The predicted molar refractivity (Wildman–Crippen MR) is 76.7 cm³/mol. The van der Waals surface area contributed by atoms with Gasteiger partial charge in [0, 0.05) is 13.6 Å². The van der Waals surface area contributed by atoms with Crippen LogP contribution >= 0.6 is 22.9 Å². The molecule has 1 heterocycles. The highest BCUT2D eigenvalue weighted by molar-refractivity contribution is 7.91. The molecule has 0 unspecified atom stereocenters. The second kappa shape index (κ2) is 5.46. The molecule has 0 radical (unpaired) electrons. The first kappa shape index (κ1) is 15.9. The monoisotopic (exact) mass is 310 g/mol. The number of rotatable bonds is 5. The first-order valence-corrected chi connectivity index (χ1v) is 8.16. The molecule has 7 heteroatoms. The minimum absolute atomic E-state index is 0.252. The van der Waals surface area contributed by atoms with Crippen LogP contribution in [0.15, 0.2) is 10.3 Å². The van der Waals surface area contributed by atoms with Crippen molar-refractivity contribution in [3.05, 3.63) is 16.0 Å². The second-order valence-electron chi connectivity index (χ2n) is 5.15. The Hall–Kier alpha value is -0.140. The van der Waals surface area contributed by atoms with Crippen LogP contribution < -0.4 is 5.73 Å². The summed E-state index contributed by atoms with van der Waals surface area (Å²) in [6, 6.07) is 1.61. The summed E-state index contributed by atoms with van der Waals surface area (Å²) in [7, 11) is -1.91. The van der Waals surface area contributed by atoms with Gasteiger partial charge in [-0.05, 0) is 30.5 Å². The summed E-state index contributed by atoms with van der Waals surface area (Å²) in [5, 5.41) is 0. The van der Waals surface area contributed by atoms with E-state index in [-0.39, 0.29) is 9.62 Å². The molecule has 104 valence electrons. The third kappa shape index (κ3) is 3.45. The Morgan fingerprint density at radius 2 is 2.06 bits per heavy atom. The molecular formula is C11H19ClN2O2S2. The molecule has 1 aromatic heterocycles. The van der Waals surface area contributed by atoms with Gasteiger partial charge in [0.05, 0.1) is 4.34 Å². The molecule has 4 nitrogen and oxygen atoms in total. The molecule has 0 aliphatic heterocycles. The zero-order valence-electron chi connectivity index (χ0n) is 11.0. The van der Waals surface area contributed by atoms with Crippen LogP contribution in [0.4, 0.5) is 0 Å². The quantitative estimate of drug-likeness (QED) is 0.907. The van der Waals surface area contributed by atoms with E-state index in [1.807, 2.05) is 13.8 Å². The van der Waals surface area contributed by atoms with Gasteiger partial charge < -0.3 is 5.73 Å². The Bertz CT molecular complexity index is 504. The second-order valence-corrected chi connectivity index (χ2v) is 9.08. The lowest BCUT2D eigenvalue weighted by Crippen LogP contribution is -2.39. The predicted octanol–water partition coefficient (Wildman–Crippen LogP) is 2.32. The summed E-state index contributed by atoms with van der Waals surface area (Å²) in [4.78, 5) is 0. The SMILES string of the molecule is Cc1cc(S(=O)(=O)N(C)CC(C)(C)CN)sc1Cl. The average Bonchev–Trinajstić information content (AvgIpc) is 2.59. The van der Waals surface area contributed by atoms with Crippen molar-refractivity contribution in [3.8, 4) is 0 Å². The lowest BCUT2D eigenvalue weighted by molar-refractivity contribution is 0.292. The van der Waals surface area contributed by atoms with Gasteiger partial charge in [-0.2, -0.15) is 4.31 Å². The van der Waals surface area contributed by atoms with Crippen LogP contribution in [-0.2, 0) is 10.0 Å². The molecule has 0 fully saturated rings. The van der Waals surface area contributed by atoms with E-state index in [9.17, 15) is 8.42 Å². The van der Waals surface area contributed by atoms with Gasteiger partial charge in [-0.15, -0.1) is 11.3 Å². The minimum atomic E-state index is -3.47. The molecule has 0 aromatic carbocycles. The van der Waals surface area contributed by atoms with Gasteiger partial charge >= 0.3 is 0 Å². The first-order chi connectivity index (χ1) is 8.10. The standard InChI is InChI=1S/C11H19ClN2O2S2/c1-8-5-9(17-10(8)12)18(15,16)14(4)7-11(2,3)6-13/h5H,6-7,13H2,1-4H3. The van der Waals surface area contributed by atoms with Gasteiger partial charge in [0.1, 0.15) is 4.21 Å². The van der Waals surface area contributed by atoms with Crippen molar-refractivity contribution in [1.82, 2.24) is 4.31 Å². The van der Waals surface area contributed by atoms with Crippen molar-refractivity contribution < 1.29 is 8.42 Å². The number of halogens is 1. The molecule has 0 saturated heterocycles. The molecular weight excluding hydrogens is 292 g/mol. The number of sulfonamides is 1. The van der Waals surface area contributed by atoms with Gasteiger partial charge in [-0.1, -0.05) is 25.4 Å². The third-order valence-corrected chi connectivity index (χ3v) is 6.51. The maximum absolute atomic E-state index is 12.3. The van der Waals surface area contributed by atoms with Crippen LogP contribution in [0.5, 0.6) is 0 Å². The average molecular weight is 311 g/mol. The van der Waals surface area contributed by atoms with Crippen LogP contribution in [-0.4, -0.2) is 32.9 Å². The maximum Gasteiger partial charge on any atom is 0.252 e. The van der Waals surface area contributed by atoms with Crippen molar-refractivity contribution >= 4 is 33.0 Å². The fourth-order valence-electron chi connectivity index (χ4n) is 1.46.